The molecular formula is C14H14N4O6. The van der Waals surface area contributed by atoms with Crippen molar-refractivity contribution in [3.8, 4) is 17.6 Å². The van der Waals surface area contributed by atoms with Gasteiger partial charge in [0.05, 0.1) is 17.2 Å². The van der Waals surface area contributed by atoms with Crippen molar-refractivity contribution in [3.63, 3.8) is 0 Å². The van der Waals surface area contributed by atoms with E-state index in [1.807, 2.05) is 0 Å². The number of nitro benzene ring substituents is 1. The van der Waals surface area contributed by atoms with Crippen LogP contribution in [0.3, 0.4) is 0 Å². The molecule has 0 aliphatic carbocycles. The molecule has 1 aliphatic heterocycles. The number of carbonyl (C=O) groups excluding carboxylic acids is 1. The number of carbonyl (C=O) groups is 1. The first kappa shape index (κ1) is 17.0. The van der Waals surface area contributed by atoms with Crippen molar-refractivity contribution in [2.75, 3.05) is 19.9 Å². The molecule has 0 unspecified atom stereocenters. The zero-order valence-corrected chi connectivity index (χ0v) is 12.4. The normalized spacial score (nSPS) is 15.4. The topological polar surface area (TPSA) is 163 Å². The number of nitriles is 1. The van der Waals surface area contributed by atoms with Crippen molar-refractivity contribution >= 4 is 17.3 Å². The van der Waals surface area contributed by atoms with Crippen LogP contribution < -0.4 is 5.73 Å². The molecule has 1 fully saturated rings. The summed E-state index contributed by atoms with van der Waals surface area (Å²) in [6, 6.07) is 3.49. The summed E-state index contributed by atoms with van der Waals surface area (Å²) in [6.07, 6.45) is 0.607. The van der Waals surface area contributed by atoms with Crippen molar-refractivity contribution in [1.29, 1.82) is 5.26 Å². The fourth-order valence-corrected chi connectivity index (χ4v) is 2.18. The Morgan fingerprint density at radius 2 is 2.17 bits per heavy atom. The fraction of sp³-hybridized carbons (Fsp3) is 0.286. The molecule has 24 heavy (non-hydrogen) atoms. The molecule has 10 heteroatoms. The largest absolute Gasteiger partial charge is 0.504 e. The van der Waals surface area contributed by atoms with E-state index < -0.39 is 33.6 Å². The third kappa shape index (κ3) is 3.21. The van der Waals surface area contributed by atoms with Crippen molar-refractivity contribution in [1.82, 2.24) is 4.90 Å². The number of phenols is 2. The number of hydrogen-bond donors (Lipinski definition) is 3. The first-order chi connectivity index (χ1) is 11.4. The molecule has 1 aliphatic rings. The summed E-state index contributed by atoms with van der Waals surface area (Å²) in [5.41, 5.74) is 4.11. The summed E-state index contributed by atoms with van der Waals surface area (Å²) in [5, 5.41) is 39.2. The van der Waals surface area contributed by atoms with Crippen molar-refractivity contribution < 1.29 is 24.7 Å². The Hall–Kier alpha value is -3.32. The van der Waals surface area contributed by atoms with Gasteiger partial charge in [-0.1, -0.05) is 0 Å². The molecule has 2 rings (SSSR count). The zero-order chi connectivity index (χ0) is 17.9. The average Bonchev–Trinajstić information content (AvgIpc) is 2.58. The second-order valence-electron chi connectivity index (χ2n) is 4.98. The lowest BCUT2D eigenvalue weighted by molar-refractivity contribution is -0.386. The van der Waals surface area contributed by atoms with Gasteiger partial charge >= 0.3 is 5.69 Å². The minimum Gasteiger partial charge on any atom is -0.504 e. The summed E-state index contributed by atoms with van der Waals surface area (Å²) in [7, 11) is 0. The van der Waals surface area contributed by atoms with E-state index in [9.17, 15) is 30.4 Å². The molecule has 1 aromatic carbocycles. The first-order valence-electron chi connectivity index (χ1n) is 6.84. The Balaban J connectivity index is 2.48. The Morgan fingerprint density at radius 3 is 2.71 bits per heavy atom. The van der Waals surface area contributed by atoms with Gasteiger partial charge in [-0.15, -0.1) is 0 Å². The predicted octanol–water partition coefficient (Wildman–Crippen LogP) is 0.406. The molecule has 4 N–H and O–H groups in total. The number of nitro groups is 1. The smallest absolute Gasteiger partial charge is 0.315 e. The third-order valence-corrected chi connectivity index (χ3v) is 3.42. The molecule has 126 valence electrons. The number of hydrogen-bond acceptors (Lipinski definition) is 8. The van der Waals surface area contributed by atoms with Gasteiger partial charge in [0.2, 0.25) is 5.75 Å². The summed E-state index contributed by atoms with van der Waals surface area (Å²) in [4.78, 5) is 23.6. The van der Waals surface area contributed by atoms with Gasteiger partial charge < -0.3 is 25.6 Å². The van der Waals surface area contributed by atoms with Crippen LogP contribution in [0.15, 0.2) is 17.7 Å². The van der Waals surface area contributed by atoms with Crippen LogP contribution in [0.1, 0.15) is 12.0 Å². The minimum atomic E-state index is -0.925. The van der Waals surface area contributed by atoms with Crippen LogP contribution in [0.4, 0.5) is 5.69 Å². The highest BCUT2D eigenvalue weighted by Crippen LogP contribution is 2.37. The Labute approximate surface area is 136 Å². The third-order valence-electron chi connectivity index (χ3n) is 3.42. The number of benzene rings is 1. The highest BCUT2D eigenvalue weighted by atomic mass is 16.6. The molecule has 0 spiro atoms. The standard InChI is InChI=1S/C14H14N4O6/c15-6-9(14(21)17-2-1-3-24-7-17)12(16)8-4-10(18(22)23)13(20)11(19)5-8/h4-5,19-20H,1-3,7,16H2/b12-9-. The van der Waals surface area contributed by atoms with Crippen LogP contribution in [0, 0.1) is 21.4 Å². The van der Waals surface area contributed by atoms with Crippen molar-refractivity contribution in [2.24, 2.45) is 5.73 Å². The summed E-state index contributed by atoms with van der Waals surface area (Å²) in [5.74, 6) is -2.39. The summed E-state index contributed by atoms with van der Waals surface area (Å²) >= 11 is 0. The number of phenolic OH excluding ortho intramolecular Hbond substituents is 2. The maximum absolute atomic E-state index is 12.4. The lowest BCUT2D eigenvalue weighted by Gasteiger charge is -2.26. The van der Waals surface area contributed by atoms with Crippen LogP contribution in [-0.4, -0.2) is 45.8 Å². The number of amides is 1. The fourth-order valence-electron chi connectivity index (χ4n) is 2.18. The van der Waals surface area contributed by atoms with Gasteiger partial charge in [-0.3, -0.25) is 14.9 Å². The maximum atomic E-state index is 12.4. The first-order valence-corrected chi connectivity index (χ1v) is 6.84. The van der Waals surface area contributed by atoms with E-state index >= 15 is 0 Å². The van der Waals surface area contributed by atoms with E-state index in [0.29, 0.717) is 19.6 Å². The van der Waals surface area contributed by atoms with Crippen LogP contribution in [-0.2, 0) is 9.53 Å². The second kappa shape index (κ2) is 6.84. The second-order valence-corrected chi connectivity index (χ2v) is 4.98. The van der Waals surface area contributed by atoms with Gasteiger partial charge in [0.25, 0.3) is 5.91 Å². The van der Waals surface area contributed by atoms with Crippen LogP contribution in [0.5, 0.6) is 11.5 Å². The quantitative estimate of drug-likeness (QED) is 0.235. The molecule has 0 bridgehead atoms. The number of aromatic hydroxyl groups is 2. The van der Waals surface area contributed by atoms with Gasteiger partial charge in [0.15, 0.2) is 5.75 Å². The number of nitrogens with zero attached hydrogens (tertiary/aromatic N) is 3. The van der Waals surface area contributed by atoms with Crippen LogP contribution >= 0.6 is 0 Å². The number of nitrogens with two attached hydrogens (primary N) is 1. The Bertz CT molecular complexity index is 761. The lowest BCUT2D eigenvalue weighted by atomic mass is 10.0. The van der Waals surface area contributed by atoms with E-state index in [1.165, 1.54) is 4.90 Å². The maximum Gasteiger partial charge on any atom is 0.315 e. The van der Waals surface area contributed by atoms with Gasteiger partial charge in [-0.05, 0) is 12.5 Å². The van der Waals surface area contributed by atoms with Crippen molar-refractivity contribution in [3.05, 3.63) is 33.4 Å². The van der Waals surface area contributed by atoms with Crippen LogP contribution in [0.2, 0.25) is 0 Å². The predicted molar refractivity (Wildman–Crippen MR) is 80.3 cm³/mol. The monoisotopic (exact) mass is 334 g/mol. The van der Waals surface area contributed by atoms with E-state index in [4.69, 9.17) is 10.5 Å². The number of ether oxygens (including phenoxy) is 1. The van der Waals surface area contributed by atoms with Crippen molar-refractivity contribution in [2.45, 2.75) is 6.42 Å². The van der Waals surface area contributed by atoms with E-state index in [2.05, 4.69) is 0 Å². The number of rotatable bonds is 3. The Kier molecular flexibility index (Phi) is 4.86. The molecule has 0 aromatic heterocycles. The van der Waals surface area contributed by atoms with E-state index in [-0.39, 0.29) is 18.0 Å². The molecule has 1 saturated heterocycles. The van der Waals surface area contributed by atoms with Gasteiger partial charge in [-0.2, -0.15) is 5.26 Å². The molecule has 10 nitrogen and oxygen atoms in total. The molecule has 0 saturated carbocycles. The molecule has 1 heterocycles. The lowest BCUT2D eigenvalue weighted by Crippen LogP contribution is -2.39. The summed E-state index contributed by atoms with van der Waals surface area (Å²) < 4.78 is 5.14. The highest BCUT2D eigenvalue weighted by Gasteiger charge is 2.26. The molecule has 1 aromatic rings. The van der Waals surface area contributed by atoms with E-state index in [0.717, 1.165) is 12.1 Å². The Morgan fingerprint density at radius 1 is 1.46 bits per heavy atom. The van der Waals surface area contributed by atoms with Gasteiger partial charge in [0.1, 0.15) is 18.4 Å². The van der Waals surface area contributed by atoms with Gasteiger partial charge in [-0.25, -0.2) is 0 Å². The molecule has 0 atom stereocenters. The average molecular weight is 334 g/mol. The molecule has 0 radical (unpaired) electrons. The SMILES string of the molecule is N#C/C(C(=O)N1CCCOC1)=C(/N)c1cc(O)c(O)c([N+](=O)[O-])c1. The minimum absolute atomic E-state index is 0.0122. The molecular weight excluding hydrogens is 320 g/mol. The molecule has 1 amide bonds. The highest BCUT2D eigenvalue weighted by molar-refractivity contribution is 6.04. The van der Waals surface area contributed by atoms with E-state index in [1.54, 1.807) is 6.07 Å². The van der Waals surface area contributed by atoms with Crippen LogP contribution in [0.25, 0.3) is 5.70 Å². The zero-order valence-electron chi connectivity index (χ0n) is 12.4. The van der Waals surface area contributed by atoms with Gasteiger partial charge in [0, 0.05) is 18.2 Å². The summed E-state index contributed by atoms with van der Waals surface area (Å²) in [6.45, 7) is 0.902.